The van der Waals surface area contributed by atoms with Crippen molar-refractivity contribution in [2.45, 2.75) is 31.7 Å². The van der Waals surface area contributed by atoms with E-state index in [0.717, 1.165) is 31.6 Å². The number of hydrogen-bond donors (Lipinski definition) is 1. The van der Waals surface area contributed by atoms with Crippen molar-refractivity contribution in [2.75, 3.05) is 19.6 Å². The van der Waals surface area contributed by atoms with E-state index in [4.69, 9.17) is 0 Å². The van der Waals surface area contributed by atoms with Gasteiger partial charge in [-0.15, -0.1) is 0 Å². The van der Waals surface area contributed by atoms with Crippen LogP contribution in [-0.2, 0) is 11.2 Å². The summed E-state index contributed by atoms with van der Waals surface area (Å²) in [5.74, 6) is 0.447. The SMILES string of the molecule is O=C(CC1CNCC12CC2)N1CCc2ccccc2C1c1ccc(F)cc1. The Hall–Kier alpha value is -2.20. The molecule has 2 unspecified atom stereocenters. The Bertz CT molecular complexity index is 859. The third kappa shape index (κ3) is 2.96. The third-order valence-electron chi connectivity index (χ3n) is 6.84. The Labute approximate surface area is 159 Å². The summed E-state index contributed by atoms with van der Waals surface area (Å²) in [5, 5.41) is 3.49. The number of carbonyl (C=O) groups is 1. The highest BCUT2D eigenvalue weighted by Crippen LogP contribution is 2.55. The van der Waals surface area contributed by atoms with Gasteiger partial charge in [0.2, 0.25) is 5.91 Å². The van der Waals surface area contributed by atoms with Crippen LogP contribution in [0.1, 0.15) is 42.0 Å². The van der Waals surface area contributed by atoms with Gasteiger partial charge >= 0.3 is 0 Å². The number of rotatable bonds is 3. The first-order valence-electron chi connectivity index (χ1n) is 10.00. The molecule has 1 saturated carbocycles. The van der Waals surface area contributed by atoms with Crippen molar-refractivity contribution in [1.29, 1.82) is 0 Å². The molecule has 5 rings (SSSR count). The van der Waals surface area contributed by atoms with Crippen molar-refractivity contribution < 1.29 is 9.18 Å². The smallest absolute Gasteiger partial charge is 0.223 e. The summed E-state index contributed by atoms with van der Waals surface area (Å²) in [5.41, 5.74) is 3.84. The summed E-state index contributed by atoms with van der Waals surface area (Å²) >= 11 is 0. The molecule has 3 nitrogen and oxygen atoms in total. The van der Waals surface area contributed by atoms with Crippen LogP contribution in [0, 0.1) is 17.2 Å². The third-order valence-corrected chi connectivity index (χ3v) is 6.84. The van der Waals surface area contributed by atoms with Crippen LogP contribution in [0.3, 0.4) is 0 Å². The molecule has 1 N–H and O–H groups in total. The van der Waals surface area contributed by atoms with Gasteiger partial charge in [-0.25, -0.2) is 4.39 Å². The number of carbonyl (C=O) groups excluding carboxylic acids is 1. The van der Waals surface area contributed by atoms with Crippen LogP contribution >= 0.6 is 0 Å². The highest BCUT2D eigenvalue weighted by atomic mass is 19.1. The molecule has 1 spiro atoms. The molecule has 2 heterocycles. The van der Waals surface area contributed by atoms with Gasteiger partial charge in [-0.3, -0.25) is 4.79 Å². The van der Waals surface area contributed by atoms with Crippen molar-refractivity contribution in [1.82, 2.24) is 10.2 Å². The van der Waals surface area contributed by atoms with Crippen molar-refractivity contribution in [3.63, 3.8) is 0 Å². The zero-order valence-corrected chi connectivity index (χ0v) is 15.5. The topological polar surface area (TPSA) is 32.3 Å². The van der Waals surface area contributed by atoms with Gasteiger partial charge in [0.1, 0.15) is 5.82 Å². The molecule has 2 aromatic rings. The second kappa shape index (κ2) is 6.45. The van der Waals surface area contributed by atoms with E-state index in [1.807, 2.05) is 23.1 Å². The zero-order valence-electron chi connectivity index (χ0n) is 15.5. The molecule has 2 fully saturated rings. The zero-order chi connectivity index (χ0) is 18.4. The fraction of sp³-hybridized carbons (Fsp3) is 0.435. The summed E-state index contributed by atoms with van der Waals surface area (Å²) in [6.45, 7) is 2.75. The van der Waals surface area contributed by atoms with Gasteiger partial charge in [0, 0.05) is 19.5 Å². The van der Waals surface area contributed by atoms with Crippen LogP contribution in [0.15, 0.2) is 48.5 Å². The molecular weight excluding hydrogens is 339 g/mol. The van der Waals surface area contributed by atoms with E-state index in [-0.39, 0.29) is 17.8 Å². The molecule has 1 saturated heterocycles. The monoisotopic (exact) mass is 364 g/mol. The first-order valence-corrected chi connectivity index (χ1v) is 10.00. The maximum Gasteiger partial charge on any atom is 0.223 e. The van der Waals surface area contributed by atoms with Gasteiger partial charge in [0.15, 0.2) is 0 Å². The van der Waals surface area contributed by atoms with Crippen LogP contribution in [0.25, 0.3) is 0 Å². The van der Waals surface area contributed by atoms with Crippen molar-refractivity contribution in [3.05, 3.63) is 71.0 Å². The summed E-state index contributed by atoms with van der Waals surface area (Å²) in [6.07, 6.45) is 4.00. The Kier molecular flexibility index (Phi) is 4.05. The number of halogens is 1. The van der Waals surface area contributed by atoms with Gasteiger partial charge < -0.3 is 10.2 Å². The van der Waals surface area contributed by atoms with Crippen LogP contribution < -0.4 is 5.32 Å². The molecule has 1 amide bonds. The van der Waals surface area contributed by atoms with Crippen molar-refractivity contribution in [3.8, 4) is 0 Å². The number of hydrogen-bond acceptors (Lipinski definition) is 2. The second-order valence-electron chi connectivity index (χ2n) is 8.38. The standard InChI is InChI=1S/C23H25FN2O/c24-19-7-5-17(6-8-19)22-20-4-2-1-3-16(20)9-12-26(22)21(27)13-18-14-25-15-23(18)10-11-23/h1-8,18,22,25H,9-15H2. The molecule has 2 aliphatic heterocycles. The van der Waals surface area contributed by atoms with Gasteiger partial charge in [-0.05, 0) is 66.0 Å². The molecule has 140 valence electrons. The summed E-state index contributed by atoms with van der Waals surface area (Å²) < 4.78 is 13.5. The Balaban J connectivity index is 1.46. The quantitative estimate of drug-likeness (QED) is 0.901. The number of fused-ring (bicyclic) bond motifs is 1. The van der Waals surface area contributed by atoms with Gasteiger partial charge in [0.05, 0.1) is 6.04 Å². The van der Waals surface area contributed by atoms with E-state index in [1.165, 1.54) is 36.1 Å². The summed E-state index contributed by atoms with van der Waals surface area (Å²) in [7, 11) is 0. The fourth-order valence-electron chi connectivity index (χ4n) is 5.06. The number of amides is 1. The van der Waals surface area contributed by atoms with Crippen LogP contribution in [0.2, 0.25) is 0 Å². The normalized spacial score (nSPS) is 25.4. The van der Waals surface area contributed by atoms with E-state index in [1.54, 1.807) is 0 Å². The first kappa shape index (κ1) is 16.9. The number of benzene rings is 2. The van der Waals surface area contributed by atoms with Crippen LogP contribution in [0.5, 0.6) is 0 Å². The molecule has 1 aliphatic carbocycles. The highest BCUT2D eigenvalue weighted by Gasteiger charge is 2.52. The van der Waals surface area contributed by atoms with Crippen LogP contribution in [0.4, 0.5) is 4.39 Å². The minimum atomic E-state index is -0.242. The van der Waals surface area contributed by atoms with E-state index < -0.39 is 0 Å². The second-order valence-corrected chi connectivity index (χ2v) is 8.38. The van der Waals surface area contributed by atoms with E-state index in [9.17, 15) is 9.18 Å². The van der Waals surface area contributed by atoms with Gasteiger partial charge in [0.25, 0.3) is 0 Å². The minimum absolute atomic E-state index is 0.118. The summed E-state index contributed by atoms with van der Waals surface area (Å²) in [6, 6.07) is 14.9. The lowest BCUT2D eigenvalue weighted by molar-refractivity contribution is -0.134. The van der Waals surface area contributed by atoms with E-state index in [2.05, 4.69) is 23.5 Å². The predicted octanol–water partition coefficient (Wildman–Crippen LogP) is 3.69. The average Bonchev–Trinajstić information content (AvgIpc) is 3.37. The Morgan fingerprint density at radius 3 is 2.70 bits per heavy atom. The molecule has 0 radical (unpaired) electrons. The molecule has 27 heavy (non-hydrogen) atoms. The molecule has 3 aliphatic rings. The number of nitrogens with zero attached hydrogens (tertiary/aromatic N) is 1. The number of nitrogens with one attached hydrogen (secondary N) is 1. The predicted molar refractivity (Wildman–Crippen MR) is 103 cm³/mol. The Morgan fingerprint density at radius 1 is 1.15 bits per heavy atom. The Morgan fingerprint density at radius 2 is 1.93 bits per heavy atom. The lowest BCUT2D eigenvalue weighted by Gasteiger charge is -2.38. The highest BCUT2D eigenvalue weighted by molar-refractivity contribution is 5.78. The van der Waals surface area contributed by atoms with Gasteiger partial charge in [-0.2, -0.15) is 0 Å². The van der Waals surface area contributed by atoms with Crippen LogP contribution in [-0.4, -0.2) is 30.4 Å². The summed E-state index contributed by atoms with van der Waals surface area (Å²) in [4.78, 5) is 15.4. The van der Waals surface area contributed by atoms with E-state index in [0.29, 0.717) is 17.8 Å². The molecule has 2 aromatic carbocycles. The van der Waals surface area contributed by atoms with E-state index >= 15 is 0 Å². The largest absolute Gasteiger partial charge is 0.331 e. The van der Waals surface area contributed by atoms with Gasteiger partial charge in [-0.1, -0.05) is 36.4 Å². The fourth-order valence-corrected chi connectivity index (χ4v) is 5.06. The lowest BCUT2D eigenvalue weighted by atomic mass is 9.86. The maximum atomic E-state index is 13.5. The lowest BCUT2D eigenvalue weighted by Crippen LogP contribution is -2.41. The van der Waals surface area contributed by atoms with Crippen molar-refractivity contribution in [2.24, 2.45) is 11.3 Å². The van der Waals surface area contributed by atoms with Crippen molar-refractivity contribution >= 4 is 5.91 Å². The molecular formula is C23H25FN2O. The molecule has 0 bridgehead atoms. The molecule has 0 aromatic heterocycles. The first-order chi connectivity index (χ1) is 13.2. The molecule has 2 atom stereocenters. The maximum absolute atomic E-state index is 13.5. The minimum Gasteiger partial charge on any atom is -0.331 e. The molecule has 4 heteroatoms. The average molecular weight is 364 g/mol.